The molecule has 0 fully saturated rings. The second-order valence-electron chi connectivity index (χ2n) is 7.63. The molecule has 3 aromatic heterocycles. The number of halogens is 1. The van der Waals surface area contributed by atoms with E-state index in [0.717, 1.165) is 11.3 Å². The van der Waals surface area contributed by atoms with Gasteiger partial charge in [-0.1, -0.05) is 18.2 Å². The Kier molecular flexibility index (Phi) is 8.68. The Morgan fingerprint density at radius 3 is 2.76 bits per heavy atom. The Balaban J connectivity index is 0.00000306. The van der Waals surface area contributed by atoms with Crippen LogP contribution in [0.5, 0.6) is 5.75 Å². The summed E-state index contributed by atoms with van der Waals surface area (Å²) in [4.78, 5) is 16.6. The number of carbonyl (C=O) groups is 1. The van der Waals surface area contributed by atoms with E-state index in [9.17, 15) is 9.90 Å². The fourth-order valence-electron chi connectivity index (χ4n) is 3.62. The molecular formula is C24H26ClN3O3S2. The third kappa shape index (κ3) is 6.23. The van der Waals surface area contributed by atoms with E-state index in [0.29, 0.717) is 19.4 Å². The molecule has 0 saturated heterocycles. The average molecular weight is 504 g/mol. The number of rotatable bonds is 10. The molecule has 0 radical (unpaired) electrons. The highest BCUT2D eigenvalue weighted by atomic mass is 35.5. The maximum absolute atomic E-state index is 11.4. The first-order valence-electron chi connectivity index (χ1n) is 10.3. The lowest BCUT2D eigenvalue weighted by Gasteiger charge is -2.22. The van der Waals surface area contributed by atoms with Crippen molar-refractivity contribution in [3.05, 3.63) is 81.2 Å². The van der Waals surface area contributed by atoms with Crippen LogP contribution in [-0.4, -0.2) is 26.7 Å². The molecule has 0 saturated carbocycles. The van der Waals surface area contributed by atoms with E-state index in [-0.39, 0.29) is 24.1 Å². The molecule has 9 heteroatoms. The summed E-state index contributed by atoms with van der Waals surface area (Å²) in [5.74, 6) is 0.258. The summed E-state index contributed by atoms with van der Waals surface area (Å²) in [6, 6.07) is 12.0. The lowest BCUT2D eigenvalue weighted by molar-refractivity contribution is 0.0994. The van der Waals surface area contributed by atoms with Gasteiger partial charge in [0, 0.05) is 11.1 Å². The summed E-state index contributed by atoms with van der Waals surface area (Å²) >= 11 is 3.39. The number of imidazole rings is 1. The zero-order valence-corrected chi connectivity index (χ0v) is 20.5. The largest absolute Gasteiger partial charge is 0.488 e. The first kappa shape index (κ1) is 25.0. The Bertz CT molecular complexity index is 1170. The van der Waals surface area contributed by atoms with Gasteiger partial charge in [-0.25, -0.2) is 4.98 Å². The lowest BCUT2D eigenvalue weighted by Crippen LogP contribution is -2.21. The molecule has 174 valence electrons. The Morgan fingerprint density at radius 2 is 2.06 bits per heavy atom. The molecule has 3 heterocycles. The van der Waals surface area contributed by atoms with Crippen molar-refractivity contribution in [1.29, 1.82) is 0 Å². The molecule has 0 aliphatic heterocycles. The van der Waals surface area contributed by atoms with Gasteiger partial charge >= 0.3 is 0 Å². The van der Waals surface area contributed by atoms with Crippen LogP contribution >= 0.6 is 35.1 Å². The predicted octanol–water partition coefficient (Wildman–Crippen LogP) is 5.33. The smallest absolute Gasteiger partial charge is 0.268 e. The molecule has 33 heavy (non-hydrogen) atoms. The van der Waals surface area contributed by atoms with Gasteiger partial charge in [-0.05, 0) is 70.8 Å². The maximum Gasteiger partial charge on any atom is 0.268 e. The average Bonchev–Trinajstić information content (AvgIpc) is 3.54. The highest BCUT2D eigenvalue weighted by molar-refractivity contribution is 7.10. The van der Waals surface area contributed by atoms with Gasteiger partial charge in [0.05, 0.1) is 18.5 Å². The van der Waals surface area contributed by atoms with Gasteiger partial charge < -0.3 is 20.1 Å². The molecule has 2 atom stereocenters. The molecule has 4 aromatic rings. The minimum absolute atomic E-state index is 0. The maximum atomic E-state index is 11.4. The van der Waals surface area contributed by atoms with Crippen molar-refractivity contribution in [2.24, 2.45) is 5.73 Å². The van der Waals surface area contributed by atoms with Gasteiger partial charge in [0.25, 0.3) is 5.91 Å². The van der Waals surface area contributed by atoms with Crippen LogP contribution in [-0.2, 0) is 13.0 Å². The van der Waals surface area contributed by atoms with E-state index in [1.54, 1.807) is 46.7 Å². The molecule has 0 bridgehead atoms. The standard InChI is InChI=1S/C24H25N3O3S2.ClH/c1-16(28)22(27-11-21(24(25)29)26-15-27)7-6-17-4-2-3-5-23(17)30-12-20-10-19(14-32-20)18-8-9-31-13-18;/h2-5,8-11,13-16,22,28H,6-7,12H2,1H3,(H2,25,29);1H/t16-,22+;/m0./s1. The number of aliphatic hydroxyl groups excluding tert-OH is 1. The number of primary amides is 1. The third-order valence-corrected chi connectivity index (χ3v) is 6.95. The number of hydrogen-bond acceptors (Lipinski definition) is 6. The summed E-state index contributed by atoms with van der Waals surface area (Å²) in [6.45, 7) is 2.24. The van der Waals surface area contributed by atoms with Crippen LogP contribution in [0.15, 0.2) is 65.1 Å². The number of ether oxygens (including phenoxy) is 1. The fraction of sp³-hybridized carbons (Fsp3) is 0.250. The fourth-order valence-corrected chi connectivity index (χ4v) is 5.09. The van der Waals surface area contributed by atoms with Crippen molar-refractivity contribution in [2.75, 3.05) is 0 Å². The molecule has 0 unspecified atom stereocenters. The number of aromatic nitrogens is 2. The number of benzene rings is 1. The van der Waals surface area contributed by atoms with Gasteiger partial charge in [0.15, 0.2) is 0 Å². The zero-order chi connectivity index (χ0) is 22.5. The minimum Gasteiger partial charge on any atom is -0.488 e. The number of carbonyl (C=O) groups excluding carboxylic acids is 1. The van der Waals surface area contributed by atoms with Gasteiger partial charge in [-0.3, -0.25) is 4.79 Å². The Hall–Kier alpha value is -2.65. The number of amides is 1. The van der Waals surface area contributed by atoms with Crippen molar-refractivity contribution < 1.29 is 14.6 Å². The van der Waals surface area contributed by atoms with E-state index < -0.39 is 12.0 Å². The number of nitrogens with zero attached hydrogens (tertiary/aromatic N) is 2. The second-order valence-corrected chi connectivity index (χ2v) is 9.40. The summed E-state index contributed by atoms with van der Waals surface area (Å²) < 4.78 is 7.91. The molecule has 1 aromatic carbocycles. The van der Waals surface area contributed by atoms with Crippen LogP contribution < -0.4 is 10.5 Å². The highest BCUT2D eigenvalue weighted by Gasteiger charge is 2.19. The molecular weight excluding hydrogens is 478 g/mol. The van der Waals surface area contributed by atoms with Crippen LogP contribution in [0.1, 0.15) is 40.3 Å². The first-order valence-corrected chi connectivity index (χ1v) is 12.2. The summed E-state index contributed by atoms with van der Waals surface area (Å²) in [6.07, 6.45) is 3.89. The van der Waals surface area contributed by atoms with Crippen LogP contribution in [0.2, 0.25) is 0 Å². The van der Waals surface area contributed by atoms with Crippen LogP contribution in [0.25, 0.3) is 11.1 Å². The van der Waals surface area contributed by atoms with E-state index in [1.807, 2.05) is 24.3 Å². The topological polar surface area (TPSA) is 90.4 Å². The Labute approximate surface area is 207 Å². The van der Waals surface area contributed by atoms with Crippen LogP contribution in [0.3, 0.4) is 0 Å². The van der Waals surface area contributed by atoms with Crippen molar-refractivity contribution in [2.45, 2.75) is 38.5 Å². The van der Waals surface area contributed by atoms with Gasteiger partial charge in [0.1, 0.15) is 18.1 Å². The number of aryl methyl sites for hydroxylation is 1. The van der Waals surface area contributed by atoms with E-state index >= 15 is 0 Å². The van der Waals surface area contributed by atoms with Crippen molar-refractivity contribution >= 4 is 41.0 Å². The first-order chi connectivity index (χ1) is 15.5. The quantitative estimate of drug-likeness (QED) is 0.306. The summed E-state index contributed by atoms with van der Waals surface area (Å²) in [5, 5.41) is 16.7. The Morgan fingerprint density at radius 1 is 1.24 bits per heavy atom. The highest BCUT2D eigenvalue weighted by Crippen LogP contribution is 2.29. The van der Waals surface area contributed by atoms with Gasteiger partial charge in [0.2, 0.25) is 0 Å². The third-order valence-electron chi connectivity index (χ3n) is 5.35. The van der Waals surface area contributed by atoms with E-state index in [2.05, 4.69) is 33.3 Å². The van der Waals surface area contributed by atoms with E-state index in [4.69, 9.17) is 10.5 Å². The predicted molar refractivity (Wildman–Crippen MR) is 135 cm³/mol. The van der Waals surface area contributed by atoms with Crippen molar-refractivity contribution in [3.63, 3.8) is 0 Å². The molecule has 1 amide bonds. The SMILES string of the molecule is C[C@H](O)[C@@H](CCc1ccccc1OCc1cc(-c2ccsc2)cs1)n1cnc(C(N)=O)c1.Cl. The molecule has 6 nitrogen and oxygen atoms in total. The second kappa shape index (κ2) is 11.5. The van der Waals surface area contributed by atoms with Crippen LogP contribution in [0.4, 0.5) is 0 Å². The number of nitrogens with two attached hydrogens (primary N) is 1. The molecule has 3 N–H and O–H groups in total. The lowest BCUT2D eigenvalue weighted by atomic mass is 10.0. The number of hydrogen-bond donors (Lipinski definition) is 2. The molecule has 0 aliphatic rings. The molecule has 4 rings (SSSR count). The number of thiophene rings is 2. The van der Waals surface area contributed by atoms with Crippen molar-refractivity contribution in [3.8, 4) is 16.9 Å². The van der Waals surface area contributed by atoms with E-state index in [1.165, 1.54) is 16.0 Å². The zero-order valence-electron chi connectivity index (χ0n) is 18.1. The minimum atomic E-state index is -0.611. The molecule has 0 spiro atoms. The number of aliphatic hydroxyl groups is 1. The van der Waals surface area contributed by atoms with Gasteiger partial charge in [-0.2, -0.15) is 11.3 Å². The molecule has 0 aliphatic carbocycles. The van der Waals surface area contributed by atoms with Crippen molar-refractivity contribution in [1.82, 2.24) is 9.55 Å². The monoisotopic (exact) mass is 503 g/mol. The summed E-state index contributed by atoms with van der Waals surface area (Å²) in [5.41, 5.74) is 9.03. The van der Waals surface area contributed by atoms with Crippen LogP contribution in [0, 0.1) is 0 Å². The summed E-state index contributed by atoms with van der Waals surface area (Å²) in [7, 11) is 0. The normalized spacial score (nSPS) is 12.7. The van der Waals surface area contributed by atoms with Gasteiger partial charge in [-0.15, -0.1) is 23.7 Å². The number of para-hydroxylation sites is 1.